The van der Waals surface area contributed by atoms with Gasteiger partial charge in [0.15, 0.2) is 5.17 Å². The Morgan fingerprint density at radius 1 is 1.15 bits per heavy atom. The molecule has 1 fully saturated rings. The molecular weight excluding hydrogens is 346 g/mol. The Labute approximate surface area is 157 Å². The molecule has 0 saturated carbocycles. The van der Waals surface area contributed by atoms with Crippen molar-refractivity contribution in [2.24, 2.45) is 10.2 Å². The van der Waals surface area contributed by atoms with E-state index in [1.54, 1.807) is 7.11 Å². The van der Waals surface area contributed by atoms with Crippen LogP contribution in [0.2, 0.25) is 0 Å². The van der Waals surface area contributed by atoms with E-state index in [2.05, 4.69) is 46.7 Å². The van der Waals surface area contributed by atoms with Gasteiger partial charge in [0.05, 0.1) is 18.1 Å². The summed E-state index contributed by atoms with van der Waals surface area (Å²) >= 11 is 1.42. The summed E-state index contributed by atoms with van der Waals surface area (Å²) in [4.78, 5) is 12.2. The molecule has 0 bridgehead atoms. The molecule has 5 nitrogen and oxygen atoms in total. The number of hydrogen-bond donors (Lipinski definition) is 1. The minimum atomic E-state index is -0.173. The highest BCUT2D eigenvalue weighted by atomic mass is 32.2. The second kappa shape index (κ2) is 8.19. The second-order valence-electron chi connectivity index (χ2n) is 6.10. The molecule has 1 aliphatic heterocycles. The number of benzene rings is 2. The Kier molecular flexibility index (Phi) is 5.73. The number of carbonyl (C=O) groups is 1. The largest absolute Gasteiger partial charge is 0.497 e. The van der Waals surface area contributed by atoms with Crippen LogP contribution in [0, 0.1) is 6.92 Å². The first-order chi connectivity index (χ1) is 12.5. The van der Waals surface area contributed by atoms with Crippen molar-refractivity contribution in [3.8, 4) is 5.75 Å². The van der Waals surface area contributed by atoms with Gasteiger partial charge >= 0.3 is 0 Å². The highest BCUT2D eigenvalue weighted by molar-refractivity contribution is 8.15. The molecule has 0 spiro atoms. The summed E-state index contributed by atoms with van der Waals surface area (Å²) in [5, 5.41) is 11.6. The van der Waals surface area contributed by atoms with Gasteiger partial charge in [-0.3, -0.25) is 4.79 Å². The van der Waals surface area contributed by atoms with Gasteiger partial charge in [0.25, 0.3) is 0 Å². The first-order valence-electron chi connectivity index (χ1n) is 8.35. The summed E-state index contributed by atoms with van der Waals surface area (Å²) in [5.41, 5.74) is 4.09. The summed E-state index contributed by atoms with van der Waals surface area (Å²) in [7, 11) is 1.63. The summed E-state index contributed by atoms with van der Waals surface area (Å²) < 4.78 is 5.15. The van der Waals surface area contributed by atoms with Crippen molar-refractivity contribution in [2.75, 3.05) is 7.11 Å². The third-order valence-electron chi connectivity index (χ3n) is 4.12. The van der Waals surface area contributed by atoms with Crippen LogP contribution in [-0.4, -0.2) is 29.1 Å². The molecule has 1 amide bonds. The van der Waals surface area contributed by atoms with E-state index in [0.717, 1.165) is 22.6 Å². The van der Waals surface area contributed by atoms with Crippen LogP contribution in [0.1, 0.15) is 23.6 Å². The van der Waals surface area contributed by atoms with Crippen LogP contribution in [0.3, 0.4) is 0 Å². The number of hydrogen-bond acceptors (Lipinski definition) is 5. The van der Waals surface area contributed by atoms with Gasteiger partial charge in [0, 0.05) is 0 Å². The minimum absolute atomic E-state index is 0.0216. The van der Waals surface area contributed by atoms with Crippen molar-refractivity contribution in [2.45, 2.75) is 25.5 Å². The van der Waals surface area contributed by atoms with Crippen molar-refractivity contribution in [1.29, 1.82) is 0 Å². The number of methoxy groups -OCH3 is 1. The molecule has 2 aromatic rings. The Morgan fingerprint density at radius 2 is 1.85 bits per heavy atom. The zero-order valence-corrected chi connectivity index (χ0v) is 15.8. The Morgan fingerprint density at radius 3 is 2.50 bits per heavy atom. The van der Waals surface area contributed by atoms with Crippen molar-refractivity contribution < 1.29 is 9.53 Å². The standard InChI is InChI=1S/C20H21N3O2S/c1-13-4-6-15(7-5-13)12-18-19(24)21-20(26-18)23-22-14(2)16-8-10-17(25-3)11-9-16/h4-11,18H,12H2,1-3H3,(H,21,23,24)/b22-14-/t18-/m0/s1. The van der Waals surface area contributed by atoms with Crippen LogP contribution in [0.4, 0.5) is 0 Å². The zero-order chi connectivity index (χ0) is 18.5. The van der Waals surface area contributed by atoms with Crippen molar-refractivity contribution in [1.82, 2.24) is 5.32 Å². The summed E-state index contributed by atoms with van der Waals surface area (Å²) in [6.07, 6.45) is 0.678. The number of amidine groups is 1. The van der Waals surface area contributed by atoms with Crippen LogP contribution in [0.5, 0.6) is 5.75 Å². The van der Waals surface area contributed by atoms with Gasteiger partial charge in [0.2, 0.25) is 5.91 Å². The number of ether oxygens (including phenoxy) is 1. The number of carbonyl (C=O) groups excluding carboxylic acids is 1. The molecular formula is C20H21N3O2S. The van der Waals surface area contributed by atoms with Gasteiger partial charge < -0.3 is 10.1 Å². The van der Waals surface area contributed by atoms with Gasteiger partial charge in [-0.15, -0.1) is 5.10 Å². The summed E-state index contributed by atoms with van der Waals surface area (Å²) in [5.74, 6) is 0.775. The quantitative estimate of drug-likeness (QED) is 0.649. The lowest BCUT2D eigenvalue weighted by molar-refractivity contribution is -0.118. The molecule has 1 heterocycles. The van der Waals surface area contributed by atoms with Crippen molar-refractivity contribution in [3.63, 3.8) is 0 Å². The Hall–Kier alpha value is -2.60. The molecule has 1 atom stereocenters. The SMILES string of the molecule is COc1ccc(/C(C)=N\N=C2\NC(=O)[C@H](Cc3ccc(C)cc3)S2)cc1. The third kappa shape index (κ3) is 4.52. The third-order valence-corrected chi connectivity index (χ3v) is 5.19. The van der Waals surface area contributed by atoms with Gasteiger partial charge in [0.1, 0.15) is 5.75 Å². The van der Waals surface area contributed by atoms with Gasteiger partial charge in [-0.05, 0) is 55.7 Å². The predicted octanol–water partition coefficient (Wildman–Crippen LogP) is 3.56. The average molecular weight is 367 g/mol. The lowest BCUT2D eigenvalue weighted by Crippen LogP contribution is -2.25. The van der Waals surface area contributed by atoms with E-state index in [1.165, 1.54) is 17.3 Å². The van der Waals surface area contributed by atoms with E-state index in [9.17, 15) is 4.79 Å². The summed E-state index contributed by atoms with van der Waals surface area (Å²) in [6, 6.07) is 15.9. The van der Waals surface area contributed by atoms with Crippen LogP contribution >= 0.6 is 11.8 Å². The van der Waals surface area contributed by atoms with Gasteiger partial charge in [-0.1, -0.05) is 41.6 Å². The fourth-order valence-electron chi connectivity index (χ4n) is 2.54. The predicted molar refractivity (Wildman–Crippen MR) is 107 cm³/mol. The van der Waals surface area contributed by atoms with Crippen LogP contribution in [-0.2, 0) is 11.2 Å². The van der Waals surface area contributed by atoms with E-state index >= 15 is 0 Å². The zero-order valence-electron chi connectivity index (χ0n) is 15.0. The molecule has 2 aromatic carbocycles. The molecule has 26 heavy (non-hydrogen) atoms. The van der Waals surface area contributed by atoms with E-state index in [0.29, 0.717) is 11.6 Å². The molecule has 1 N–H and O–H groups in total. The Bertz CT molecular complexity index is 842. The number of thioether (sulfide) groups is 1. The first kappa shape index (κ1) is 18.2. The van der Waals surface area contributed by atoms with Crippen molar-refractivity contribution >= 4 is 28.5 Å². The topological polar surface area (TPSA) is 63.1 Å². The molecule has 0 aliphatic carbocycles. The minimum Gasteiger partial charge on any atom is -0.497 e. The van der Waals surface area contributed by atoms with E-state index in [-0.39, 0.29) is 11.2 Å². The number of amides is 1. The van der Waals surface area contributed by atoms with Gasteiger partial charge in [-0.2, -0.15) is 5.10 Å². The van der Waals surface area contributed by atoms with Crippen molar-refractivity contribution in [3.05, 3.63) is 65.2 Å². The maximum atomic E-state index is 12.2. The molecule has 0 aromatic heterocycles. The fourth-order valence-corrected chi connectivity index (χ4v) is 3.49. The number of nitrogens with zero attached hydrogens (tertiary/aromatic N) is 2. The molecule has 3 rings (SSSR count). The van der Waals surface area contributed by atoms with E-state index < -0.39 is 0 Å². The average Bonchev–Trinajstić information content (AvgIpc) is 3.01. The maximum absolute atomic E-state index is 12.2. The smallest absolute Gasteiger partial charge is 0.239 e. The highest BCUT2D eigenvalue weighted by Gasteiger charge is 2.30. The van der Waals surface area contributed by atoms with E-state index in [4.69, 9.17) is 4.74 Å². The van der Waals surface area contributed by atoms with Crippen LogP contribution in [0.25, 0.3) is 0 Å². The molecule has 0 radical (unpaired) electrons. The monoisotopic (exact) mass is 367 g/mol. The lowest BCUT2D eigenvalue weighted by atomic mass is 10.1. The highest BCUT2D eigenvalue weighted by Crippen LogP contribution is 2.23. The number of rotatable bonds is 5. The molecule has 0 unspecified atom stereocenters. The van der Waals surface area contributed by atoms with Gasteiger partial charge in [-0.25, -0.2) is 0 Å². The number of aryl methyl sites for hydroxylation is 1. The van der Waals surface area contributed by atoms with Crippen LogP contribution < -0.4 is 10.1 Å². The second-order valence-corrected chi connectivity index (χ2v) is 7.30. The lowest BCUT2D eigenvalue weighted by Gasteiger charge is -2.05. The normalized spacial score (nSPS) is 18.9. The fraction of sp³-hybridized carbons (Fsp3) is 0.250. The molecule has 1 aliphatic rings. The Balaban J connectivity index is 1.65. The first-order valence-corrected chi connectivity index (χ1v) is 9.23. The summed E-state index contributed by atoms with van der Waals surface area (Å²) in [6.45, 7) is 3.94. The molecule has 1 saturated heterocycles. The molecule has 134 valence electrons. The van der Waals surface area contributed by atoms with E-state index in [1.807, 2.05) is 31.2 Å². The molecule has 6 heteroatoms. The maximum Gasteiger partial charge on any atom is 0.239 e. The van der Waals surface area contributed by atoms with Crippen LogP contribution in [0.15, 0.2) is 58.7 Å². The number of nitrogens with one attached hydrogen (secondary N) is 1.